The number of aryl methyl sites for hydroxylation is 1. The Bertz CT molecular complexity index is 895. The third kappa shape index (κ3) is 4.05. The van der Waals surface area contributed by atoms with Crippen LogP contribution >= 0.6 is 0 Å². The smallest absolute Gasteiger partial charge is 0.261 e. The van der Waals surface area contributed by atoms with Crippen LogP contribution in [0.1, 0.15) is 22.3 Å². The van der Waals surface area contributed by atoms with Crippen LogP contribution in [0.2, 0.25) is 0 Å². The molecule has 3 rings (SSSR count). The number of nitrogens with two attached hydrogens (primary N) is 1. The second-order valence-corrected chi connectivity index (χ2v) is 8.32. The van der Waals surface area contributed by atoms with Crippen molar-refractivity contribution in [3.05, 3.63) is 59.7 Å². The lowest BCUT2D eigenvalue weighted by Gasteiger charge is -2.17. The van der Waals surface area contributed by atoms with Gasteiger partial charge in [-0.1, -0.05) is 23.8 Å². The quantitative estimate of drug-likeness (QED) is 0.840. The summed E-state index contributed by atoms with van der Waals surface area (Å²) in [7, 11) is -3.76. The van der Waals surface area contributed by atoms with Crippen LogP contribution in [0.3, 0.4) is 0 Å². The number of benzene rings is 2. The first-order chi connectivity index (χ1) is 12.4. The van der Waals surface area contributed by atoms with E-state index in [1.807, 2.05) is 19.1 Å². The van der Waals surface area contributed by atoms with Crippen LogP contribution in [0.4, 0.5) is 5.69 Å². The van der Waals surface area contributed by atoms with E-state index >= 15 is 0 Å². The number of nitrogens with one attached hydrogen (secondary N) is 1. The molecular weight excluding hydrogens is 350 g/mol. The van der Waals surface area contributed by atoms with Gasteiger partial charge >= 0.3 is 0 Å². The molecule has 1 heterocycles. The summed E-state index contributed by atoms with van der Waals surface area (Å²) in [6.45, 7) is 3.76. The van der Waals surface area contributed by atoms with E-state index < -0.39 is 10.0 Å². The molecule has 0 aromatic heterocycles. The first-order valence-electron chi connectivity index (χ1n) is 8.58. The molecule has 3 N–H and O–H groups in total. The van der Waals surface area contributed by atoms with Gasteiger partial charge in [0.1, 0.15) is 0 Å². The Morgan fingerprint density at radius 2 is 1.96 bits per heavy atom. The minimum atomic E-state index is -3.76. The standard InChI is InChI=1S/C19H23N3O3S/c1-14-5-7-17(8-6-14)21-26(24,25)18-4-2-3-16(11-18)19(23)22-10-9-15(12-20)13-22/h2-8,11,15,21H,9-10,12-13,20H2,1H3. The van der Waals surface area contributed by atoms with Gasteiger partial charge in [-0.3, -0.25) is 9.52 Å². The number of amides is 1. The van der Waals surface area contributed by atoms with Gasteiger partial charge in [0.25, 0.3) is 15.9 Å². The van der Waals surface area contributed by atoms with Gasteiger partial charge < -0.3 is 10.6 Å². The zero-order valence-electron chi connectivity index (χ0n) is 14.7. The highest BCUT2D eigenvalue weighted by molar-refractivity contribution is 7.92. The fourth-order valence-electron chi connectivity index (χ4n) is 3.02. The highest BCUT2D eigenvalue weighted by Crippen LogP contribution is 2.21. The molecule has 1 fully saturated rings. The summed E-state index contributed by atoms with van der Waals surface area (Å²) in [6.07, 6.45) is 0.884. The van der Waals surface area contributed by atoms with Crippen LogP contribution in [-0.2, 0) is 10.0 Å². The van der Waals surface area contributed by atoms with Gasteiger partial charge in [-0.2, -0.15) is 0 Å². The normalized spacial score (nSPS) is 17.3. The predicted octanol–water partition coefficient (Wildman–Crippen LogP) is 2.22. The molecule has 1 aliphatic rings. The van der Waals surface area contributed by atoms with Gasteiger partial charge in [0.2, 0.25) is 0 Å². The monoisotopic (exact) mass is 373 g/mol. The molecular formula is C19H23N3O3S. The number of likely N-dealkylation sites (tertiary alicyclic amines) is 1. The number of rotatable bonds is 5. The maximum Gasteiger partial charge on any atom is 0.261 e. The molecule has 0 radical (unpaired) electrons. The Morgan fingerprint density at radius 3 is 2.62 bits per heavy atom. The second-order valence-electron chi connectivity index (χ2n) is 6.64. The summed E-state index contributed by atoms with van der Waals surface area (Å²) in [4.78, 5) is 14.5. The van der Waals surface area contributed by atoms with Crippen molar-refractivity contribution in [2.45, 2.75) is 18.2 Å². The SMILES string of the molecule is Cc1ccc(NS(=O)(=O)c2cccc(C(=O)N3CCC(CN)C3)c2)cc1. The first-order valence-corrected chi connectivity index (χ1v) is 10.1. The zero-order valence-corrected chi connectivity index (χ0v) is 15.5. The van der Waals surface area contributed by atoms with Gasteiger partial charge in [-0.05, 0) is 56.1 Å². The Labute approximate surface area is 154 Å². The van der Waals surface area contributed by atoms with E-state index in [-0.39, 0.29) is 10.8 Å². The molecule has 2 aromatic carbocycles. The van der Waals surface area contributed by atoms with Crippen molar-refractivity contribution in [2.24, 2.45) is 11.7 Å². The highest BCUT2D eigenvalue weighted by Gasteiger charge is 2.26. The summed E-state index contributed by atoms with van der Waals surface area (Å²) in [5, 5.41) is 0. The molecule has 1 atom stereocenters. The number of hydrogen-bond acceptors (Lipinski definition) is 4. The third-order valence-corrected chi connectivity index (χ3v) is 5.98. The van der Waals surface area contributed by atoms with E-state index in [0.29, 0.717) is 36.8 Å². The third-order valence-electron chi connectivity index (χ3n) is 4.60. The van der Waals surface area contributed by atoms with Gasteiger partial charge in [0.15, 0.2) is 0 Å². The highest BCUT2D eigenvalue weighted by atomic mass is 32.2. The van der Waals surface area contributed by atoms with E-state index in [0.717, 1.165) is 12.0 Å². The molecule has 1 saturated heterocycles. The minimum absolute atomic E-state index is 0.0681. The van der Waals surface area contributed by atoms with E-state index in [1.54, 1.807) is 29.2 Å². The fraction of sp³-hybridized carbons (Fsp3) is 0.316. The van der Waals surface area contributed by atoms with Crippen LogP contribution in [-0.4, -0.2) is 38.9 Å². The molecule has 0 aliphatic carbocycles. The lowest BCUT2D eigenvalue weighted by Crippen LogP contribution is -2.30. The van der Waals surface area contributed by atoms with Crippen molar-refractivity contribution in [3.63, 3.8) is 0 Å². The average Bonchev–Trinajstić information content (AvgIpc) is 3.12. The molecule has 1 amide bonds. The summed E-state index contributed by atoms with van der Waals surface area (Å²) >= 11 is 0. The Hall–Kier alpha value is -2.38. The predicted molar refractivity (Wildman–Crippen MR) is 101 cm³/mol. The van der Waals surface area contributed by atoms with E-state index in [9.17, 15) is 13.2 Å². The van der Waals surface area contributed by atoms with Gasteiger partial charge in [0, 0.05) is 24.3 Å². The van der Waals surface area contributed by atoms with Gasteiger partial charge in [0.05, 0.1) is 4.90 Å². The summed E-state index contributed by atoms with van der Waals surface area (Å²) in [6, 6.07) is 13.2. The number of carbonyl (C=O) groups excluding carboxylic acids is 1. The molecule has 0 spiro atoms. The van der Waals surface area contributed by atoms with Crippen LogP contribution in [0, 0.1) is 12.8 Å². The van der Waals surface area contributed by atoms with Crippen molar-refractivity contribution < 1.29 is 13.2 Å². The number of carbonyl (C=O) groups is 1. The molecule has 1 aliphatic heterocycles. The molecule has 0 bridgehead atoms. The summed E-state index contributed by atoms with van der Waals surface area (Å²) < 4.78 is 27.8. The largest absolute Gasteiger partial charge is 0.338 e. The van der Waals surface area contributed by atoms with Crippen LogP contribution in [0.15, 0.2) is 53.4 Å². The van der Waals surface area contributed by atoms with Crippen molar-refractivity contribution in [2.75, 3.05) is 24.4 Å². The Kier molecular flexibility index (Phi) is 5.29. The maximum atomic E-state index is 12.7. The molecule has 0 saturated carbocycles. The lowest BCUT2D eigenvalue weighted by molar-refractivity contribution is 0.0787. The van der Waals surface area contributed by atoms with Crippen molar-refractivity contribution in [3.8, 4) is 0 Å². The second kappa shape index (κ2) is 7.47. The summed E-state index contributed by atoms with van der Waals surface area (Å²) in [5.41, 5.74) is 7.57. The number of hydrogen-bond donors (Lipinski definition) is 2. The molecule has 26 heavy (non-hydrogen) atoms. The first kappa shape index (κ1) is 18.4. The Balaban J connectivity index is 1.79. The van der Waals surface area contributed by atoms with Crippen molar-refractivity contribution in [1.29, 1.82) is 0 Å². The number of anilines is 1. The molecule has 6 nitrogen and oxygen atoms in total. The Morgan fingerprint density at radius 1 is 1.23 bits per heavy atom. The average molecular weight is 373 g/mol. The minimum Gasteiger partial charge on any atom is -0.338 e. The van der Waals surface area contributed by atoms with Gasteiger partial charge in [-0.15, -0.1) is 0 Å². The summed E-state index contributed by atoms with van der Waals surface area (Å²) in [5.74, 6) is 0.155. The maximum absolute atomic E-state index is 12.7. The number of sulfonamides is 1. The lowest BCUT2D eigenvalue weighted by atomic mass is 10.1. The van der Waals surface area contributed by atoms with Gasteiger partial charge in [-0.25, -0.2) is 8.42 Å². The molecule has 1 unspecified atom stereocenters. The van der Waals surface area contributed by atoms with Crippen molar-refractivity contribution in [1.82, 2.24) is 4.90 Å². The molecule has 7 heteroatoms. The van der Waals surface area contributed by atoms with Crippen LogP contribution in [0.25, 0.3) is 0 Å². The van der Waals surface area contributed by atoms with E-state index in [1.165, 1.54) is 12.1 Å². The van der Waals surface area contributed by atoms with Crippen molar-refractivity contribution >= 4 is 21.6 Å². The topological polar surface area (TPSA) is 92.5 Å². The molecule has 138 valence electrons. The van der Waals surface area contributed by atoms with Crippen LogP contribution < -0.4 is 10.5 Å². The van der Waals surface area contributed by atoms with E-state index in [2.05, 4.69) is 4.72 Å². The zero-order chi connectivity index (χ0) is 18.7. The van der Waals surface area contributed by atoms with E-state index in [4.69, 9.17) is 5.73 Å². The number of nitrogens with zero attached hydrogens (tertiary/aromatic N) is 1. The molecule has 2 aromatic rings. The van der Waals surface area contributed by atoms with Crippen LogP contribution in [0.5, 0.6) is 0 Å². The fourth-order valence-corrected chi connectivity index (χ4v) is 4.13.